The molecule has 2 aromatic rings. The normalized spacial score (nSPS) is 33.6. The minimum Gasteiger partial charge on any atom is -0.466 e. The van der Waals surface area contributed by atoms with Crippen LogP contribution < -0.4 is 4.90 Å². The van der Waals surface area contributed by atoms with E-state index in [1.54, 1.807) is 0 Å². The molecule has 0 N–H and O–H groups in total. The van der Waals surface area contributed by atoms with Crippen LogP contribution in [-0.4, -0.2) is 17.9 Å². The van der Waals surface area contributed by atoms with Gasteiger partial charge in [0.25, 0.3) is 0 Å². The van der Waals surface area contributed by atoms with Gasteiger partial charge in [-0.05, 0) is 80.7 Å². The number of hydrogen-bond acceptors (Lipinski definition) is 3. The lowest BCUT2D eigenvalue weighted by Gasteiger charge is -2.45. The van der Waals surface area contributed by atoms with Crippen LogP contribution in [0.4, 0.5) is 5.69 Å². The van der Waals surface area contributed by atoms with Gasteiger partial charge in [0, 0.05) is 11.6 Å². The highest BCUT2D eigenvalue weighted by atomic mass is 16.7. The van der Waals surface area contributed by atoms with Crippen LogP contribution in [0.15, 0.2) is 66.0 Å². The van der Waals surface area contributed by atoms with E-state index in [0.717, 1.165) is 5.76 Å². The summed E-state index contributed by atoms with van der Waals surface area (Å²) in [4.78, 5) is 2.64. The molecule has 3 nitrogen and oxygen atoms in total. The van der Waals surface area contributed by atoms with Gasteiger partial charge in [-0.1, -0.05) is 48.0 Å². The fraction of sp³-hybridized carbons (Fsp3) is 0.357. The average molecular weight is 412 g/mol. The number of fused-ring (bicyclic) bond motifs is 8. The van der Waals surface area contributed by atoms with Gasteiger partial charge in [-0.2, -0.15) is 0 Å². The quantitative estimate of drug-likeness (QED) is 0.511. The second kappa shape index (κ2) is 6.37. The molecule has 1 saturated carbocycles. The summed E-state index contributed by atoms with van der Waals surface area (Å²) in [6.45, 7) is 10.9. The Morgan fingerprint density at radius 1 is 1.10 bits per heavy atom. The van der Waals surface area contributed by atoms with Crippen molar-refractivity contribution < 1.29 is 9.47 Å². The Morgan fingerprint density at radius 3 is 2.71 bits per heavy atom. The molecule has 2 aromatic carbocycles. The van der Waals surface area contributed by atoms with E-state index in [4.69, 9.17) is 9.47 Å². The summed E-state index contributed by atoms with van der Waals surface area (Å²) >= 11 is 0. The topological polar surface area (TPSA) is 21.7 Å². The number of anilines is 1. The molecule has 0 spiro atoms. The van der Waals surface area contributed by atoms with Crippen molar-refractivity contribution >= 4 is 11.8 Å². The summed E-state index contributed by atoms with van der Waals surface area (Å²) in [6.07, 6.45) is 8.66. The summed E-state index contributed by atoms with van der Waals surface area (Å²) < 4.78 is 12.1. The molecule has 3 heteroatoms. The lowest BCUT2D eigenvalue weighted by Crippen LogP contribution is -2.44. The van der Waals surface area contributed by atoms with Crippen molar-refractivity contribution in [3.8, 4) is 0 Å². The van der Waals surface area contributed by atoms with Crippen molar-refractivity contribution in [3.05, 3.63) is 93.8 Å². The van der Waals surface area contributed by atoms with E-state index in [1.807, 2.05) is 13.0 Å². The molecule has 0 bridgehead atoms. The maximum absolute atomic E-state index is 6.09. The average Bonchev–Trinajstić information content (AvgIpc) is 3.31. The number of benzene rings is 2. The van der Waals surface area contributed by atoms with Gasteiger partial charge in [0.2, 0.25) is 6.29 Å². The number of allylic oxidation sites excluding steroid dienone is 1. The molecule has 0 radical (unpaired) electrons. The first kappa shape index (κ1) is 18.9. The Labute approximate surface area is 184 Å². The van der Waals surface area contributed by atoms with E-state index in [0.29, 0.717) is 5.92 Å². The summed E-state index contributed by atoms with van der Waals surface area (Å²) in [5, 5.41) is 0. The van der Waals surface area contributed by atoms with Crippen LogP contribution in [0.5, 0.6) is 0 Å². The summed E-state index contributed by atoms with van der Waals surface area (Å²) in [5.74, 6) is 1.29. The van der Waals surface area contributed by atoms with Crippen LogP contribution in [0.1, 0.15) is 60.5 Å². The minimum atomic E-state index is -0.333. The monoisotopic (exact) mass is 411 g/mol. The largest absolute Gasteiger partial charge is 0.466 e. The molecule has 4 aliphatic rings. The summed E-state index contributed by atoms with van der Waals surface area (Å²) in [6, 6.07) is 13.7. The predicted octanol–water partition coefficient (Wildman–Crippen LogP) is 6.34. The second-order valence-corrected chi connectivity index (χ2v) is 9.62. The molecule has 5 unspecified atom stereocenters. The van der Waals surface area contributed by atoms with Gasteiger partial charge in [0.05, 0.1) is 23.4 Å². The lowest BCUT2D eigenvalue weighted by atomic mass is 9.82. The second-order valence-electron chi connectivity index (χ2n) is 9.62. The molecule has 1 aliphatic carbocycles. The number of hydrogen-bond donors (Lipinski definition) is 0. The standard InChI is InChI=1S/C28H29NO2/c1-16-12-17(2)26-21(13-16)27-22(15-25-30-18(3)14-19(4)31-25)28(27,5)29-23-9-7-6-8-20(23)10-11-24(26)29/h6-15,18,24-25,27H,1-5H3/b22-15-. The van der Waals surface area contributed by atoms with Crippen LogP contribution in [0.25, 0.3) is 6.08 Å². The van der Waals surface area contributed by atoms with E-state index in [-0.39, 0.29) is 24.0 Å². The van der Waals surface area contributed by atoms with E-state index >= 15 is 0 Å². The fourth-order valence-electron chi connectivity index (χ4n) is 6.22. The maximum Gasteiger partial charge on any atom is 0.220 e. The number of aryl methyl sites for hydroxylation is 2. The number of ether oxygens (including phenoxy) is 2. The highest BCUT2D eigenvalue weighted by Gasteiger charge is 2.66. The first-order chi connectivity index (χ1) is 14.9. The first-order valence-corrected chi connectivity index (χ1v) is 11.3. The predicted molar refractivity (Wildman–Crippen MR) is 125 cm³/mol. The minimum absolute atomic E-state index is 0.0624. The van der Waals surface area contributed by atoms with Crippen molar-refractivity contribution in [3.63, 3.8) is 0 Å². The summed E-state index contributed by atoms with van der Waals surface area (Å²) in [7, 11) is 0. The lowest BCUT2D eigenvalue weighted by molar-refractivity contribution is -0.119. The molecular formula is C28H29NO2. The third-order valence-electron chi connectivity index (χ3n) is 7.41. The number of rotatable bonds is 1. The molecule has 0 aromatic heterocycles. The SMILES string of the molecule is CC1=CC(C)OC(/C=C2/C3c4cc(C)cc(C)c4C4C=Cc5ccccc5N4C23C)O1. The van der Waals surface area contributed by atoms with Gasteiger partial charge in [-0.15, -0.1) is 0 Å². The Morgan fingerprint density at radius 2 is 1.90 bits per heavy atom. The van der Waals surface area contributed by atoms with Crippen molar-refractivity contribution in [2.45, 2.75) is 64.5 Å². The van der Waals surface area contributed by atoms with E-state index in [2.05, 4.69) is 87.2 Å². The van der Waals surface area contributed by atoms with Gasteiger partial charge in [-0.3, -0.25) is 0 Å². The molecule has 1 fully saturated rings. The van der Waals surface area contributed by atoms with Crippen molar-refractivity contribution in [1.82, 2.24) is 0 Å². The summed E-state index contributed by atoms with van der Waals surface area (Å²) in [5.41, 5.74) is 9.55. The number of para-hydroxylation sites is 1. The zero-order chi connectivity index (χ0) is 21.5. The maximum atomic E-state index is 6.09. The Bertz CT molecular complexity index is 1190. The molecule has 0 amide bonds. The molecule has 3 aliphatic heterocycles. The van der Waals surface area contributed by atoms with Gasteiger partial charge < -0.3 is 14.4 Å². The zero-order valence-electron chi connectivity index (χ0n) is 18.8. The number of nitrogens with zero attached hydrogens (tertiary/aromatic N) is 1. The molecular weight excluding hydrogens is 382 g/mol. The van der Waals surface area contributed by atoms with Crippen LogP contribution in [0.3, 0.4) is 0 Å². The van der Waals surface area contributed by atoms with Crippen molar-refractivity contribution in [2.24, 2.45) is 0 Å². The van der Waals surface area contributed by atoms with Gasteiger partial charge in [0.1, 0.15) is 0 Å². The van der Waals surface area contributed by atoms with Gasteiger partial charge >= 0.3 is 0 Å². The van der Waals surface area contributed by atoms with Gasteiger partial charge in [0.15, 0.2) is 0 Å². The Kier molecular flexibility index (Phi) is 3.89. The fourth-order valence-corrected chi connectivity index (χ4v) is 6.22. The van der Waals surface area contributed by atoms with Gasteiger partial charge in [-0.25, -0.2) is 0 Å². The molecule has 158 valence electrons. The van der Waals surface area contributed by atoms with Crippen LogP contribution in [0, 0.1) is 13.8 Å². The van der Waals surface area contributed by atoms with Crippen molar-refractivity contribution in [1.29, 1.82) is 0 Å². The smallest absolute Gasteiger partial charge is 0.220 e. The van der Waals surface area contributed by atoms with Crippen LogP contribution in [0.2, 0.25) is 0 Å². The van der Waals surface area contributed by atoms with E-state index < -0.39 is 0 Å². The molecule has 5 atom stereocenters. The highest BCUT2D eigenvalue weighted by Crippen LogP contribution is 2.69. The molecule has 3 heterocycles. The van der Waals surface area contributed by atoms with Crippen molar-refractivity contribution in [2.75, 3.05) is 4.90 Å². The highest BCUT2D eigenvalue weighted by molar-refractivity contribution is 5.82. The molecule has 0 saturated heterocycles. The molecule has 31 heavy (non-hydrogen) atoms. The third-order valence-corrected chi connectivity index (χ3v) is 7.41. The first-order valence-electron chi connectivity index (χ1n) is 11.3. The Hall–Kier alpha value is -2.78. The van der Waals surface area contributed by atoms with E-state index in [9.17, 15) is 0 Å². The zero-order valence-corrected chi connectivity index (χ0v) is 18.8. The van der Waals surface area contributed by atoms with Crippen LogP contribution >= 0.6 is 0 Å². The Balaban J connectivity index is 1.54. The van der Waals surface area contributed by atoms with E-state index in [1.165, 1.54) is 39.1 Å². The molecule has 6 rings (SSSR count). The third kappa shape index (κ3) is 2.62. The van der Waals surface area contributed by atoms with Crippen LogP contribution in [-0.2, 0) is 9.47 Å².